The summed E-state index contributed by atoms with van der Waals surface area (Å²) in [6.07, 6.45) is 7.01. The van der Waals surface area contributed by atoms with Crippen molar-refractivity contribution >= 4 is 0 Å². The molecule has 0 heteroatoms. The van der Waals surface area contributed by atoms with Crippen molar-refractivity contribution in [2.75, 3.05) is 0 Å². The van der Waals surface area contributed by atoms with Gasteiger partial charge in [0, 0.05) is 0 Å². The Bertz CT molecular complexity index is 565. The van der Waals surface area contributed by atoms with Gasteiger partial charge in [0.25, 0.3) is 0 Å². The number of rotatable bonds is 3. The Morgan fingerprint density at radius 1 is 0.727 bits per heavy atom. The third-order valence-corrected chi connectivity index (χ3v) is 5.37. The van der Waals surface area contributed by atoms with Gasteiger partial charge in [0.15, 0.2) is 0 Å². The fourth-order valence-electron chi connectivity index (χ4n) is 4.10. The second-order valence-electron chi connectivity index (χ2n) is 7.14. The van der Waals surface area contributed by atoms with Gasteiger partial charge in [0.05, 0.1) is 0 Å². The van der Waals surface area contributed by atoms with Crippen LogP contribution in [0.25, 0.3) is 11.1 Å². The van der Waals surface area contributed by atoms with Crippen molar-refractivity contribution in [1.82, 2.24) is 0 Å². The van der Waals surface area contributed by atoms with Gasteiger partial charge in [0.1, 0.15) is 0 Å². The highest BCUT2D eigenvalue weighted by molar-refractivity contribution is 5.63. The van der Waals surface area contributed by atoms with E-state index in [1.807, 2.05) is 0 Å². The van der Waals surface area contributed by atoms with Gasteiger partial charge in [-0.1, -0.05) is 87.7 Å². The summed E-state index contributed by atoms with van der Waals surface area (Å²) in [5.41, 5.74) is 4.20. The second kappa shape index (κ2) is 7.13. The zero-order chi connectivity index (χ0) is 15.4. The van der Waals surface area contributed by atoms with E-state index in [-0.39, 0.29) is 0 Å². The van der Waals surface area contributed by atoms with Gasteiger partial charge in [-0.15, -0.1) is 0 Å². The van der Waals surface area contributed by atoms with E-state index in [0.717, 1.165) is 17.8 Å². The Labute approximate surface area is 135 Å². The third kappa shape index (κ3) is 3.43. The Kier molecular flexibility index (Phi) is 4.97. The first kappa shape index (κ1) is 15.3. The first-order valence-electron chi connectivity index (χ1n) is 8.91. The topological polar surface area (TPSA) is 0 Å². The molecule has 0 aromatic heterocycles. The molecule has 1 fully saturated rings. The summed E-state index contributed by atoms with van der Waals surface area (Å²) in [6, 6.07) is 20.1. The summed E-state index contributed by atoms with van der Waals surface area (Å²) < 4.78 is 0. The van der Waals surface area contributed by atoms with Crippen molar-refractivity contribution in [2.24, 2.45) is 11.8 Å². The highest BCUT2D eigenvalue weighted by Gasteiger charge is 2.27. The summed E-state index contributed by atoms with van der Waals surface area (Å²) in [6.45, 7) is 4.81. The number of benzene rings is 2. The van der Waals surface area contributed by atoms with Crippen LogP contribution in [0, 0.1) is 11.8 Å². The normalized spacial score (nSPS) is 22.5. The zero-order valence-corrected chi connectivity index (χ0v) is 14.0. The molecule has 0 nitrogen and oxygen atoms in total. The lowest BCUT2D eigenvalue weighted by molar-refractivity contribution is 0.300. The molecule has 3 rings (SSSR count). The Hall–Kier alpha value is -1.56. The Morgan fingerprint density at radius 2 is 1.36 bits per heavy atom. The van der Waals surface area contributed by atoms with E-state index in [4.69, 9.17) is 0 Å². The van der Waals surface area contributed by atoms with Crippen LogP contribution in [-0.2, 0) is 0 Å². The van der Waals surface area contributed by atoms with Gasteiger partial charge >= 0.3 is 0 Å². The molecule has 22 heavy (non-hydrogen) atoms. The first-order chi connectivity index (χ1) is 10.8. The van der Waals surface area contributed by atoms with Crippen LogP contribution in [0.4, 0.5) is 0 Å². The largest absolute Gasteiger partial charge is 0.0625 e. The molecule has 0 N–H and O–H groups in total. The maximum atomic E-state index is 2.40. The van der Waals surface area contributed by atoms with Gasteiger partial charge < -0.3 is 0 Å². The molecule has 1 aliphatic carbocycles. The lowest BCUT2D eigenvalue weighted by Crippen LogP contribution is -2.17. The molecule has 1 saturated carbocycles. The summed E-state index contributed by atoms with van der Waals surface area (Å²) in [5.74, 6) is 2.40. The summed E-state index contributed by atoms with van der Waals surface area (Å²) in [7, 11) is 0. The molecule has 2 aromatic rings. The van der Waals surface area contributed by atoms with E-state index in [0.29, 0.717) is 0 Å². The summed E-state index contributed by atoms with van der Waals surface area (Å²) >= 11 is 0. The highest BCUT2D eigenvalue weighted by atomic mass is 14.3. The molecule has 0 saturated heterocycles. The van der Waals surface area contributed by atoms with Gasteiger partial charge in [-0.3, -0.25) is 0 Å². The summed E-state index contributed by atoms with van der Waals surface area (Å²) in [4.78, 5) is 0. The van der Waals surface area contributed by atoms with Crippen LogP contribution >= 0.6 is 0 Å². The summed E-state index contributed by atoms with van der Waals surface area (Å²) in [5, 5.41) is 0. The van der Waals surface area contributed by atoms with Crippen LogP contribution in [0.3, 0.4) is 0 Å². The van der Waals surface area contributed by atoms with Crippen LogP contribution in [0.1, 0.15) is 57.4 Å². The minimum absolute atomic E-state index is 0.757. The minimum atomic E-state index is 0.757. The second-order valence-corrected chi connectivity index (χ2v) is 7.14. The molecule has 0 spiro atoms. The van der Waals surface area contributed by atoms with E-state index in [9.17, 15) is 0 Å². The zero-order valence-electron chi connectivity index (χ0n) is 14.0. The standard InChI is InChI=1S/C22H28/c1-17(2)21-11-7-4-8-12-22(21)20-15-13-19(14-16-20)18-9-5-3-6-10-18/h3,5-6,9-10,13-17,21-22H,4,7-8,11-12H2,1-2H3. The maximum absolute atomic E-state index is 2.40. The fraction of sp³-hybridized carbons (Fsp3) is 0.455. The van der Waals surface area contributed by atoms with E-state index in [1.165, 1.54) is 43.2 Å². The SMILES string of the molecule is CC(C)C1CCCCCC1c1ccc(-c2ccccc2)cc1. The van der Waals surface area contributed by atoms with Gasteiger partial charge in [-0.2, -0.15) is 0 Å². The van der Waals surface area contributed by atoms with Crippen LogP contribution in [0.5, 0.6) is 0 Å². The third-order valence-electron chi connectivity index (χ3n) is 5.37. The van der Waals surface area contributed by atoms with Crippen molar-refractivity contribution in [3.05, 3.63) is 60.2 Å². The average Bonchev–Trinajstić information content (AvgIpc) is 2.82. The molecule has 2 atom stereocenters. The molecule has 2 unspecified atom stereocenters. The molecule has 1 aliphatic rings. The van der Waals surface area contributed by atoms with Gasteiger partial charge in [-0.25, -0.2) is 0 Å². The molecule has 0 aliphatic heterocycles. The predicted molar refractivity (Wildman–Crippen MR) is 96.0 cm³/mol. The quantitative estimate of drug-likeness (QED) is 0.554. The van der Waals surface area contributed by atoms with Crippen LogP contribution < -0.4 is 0 Å². The van der Waals surface area contributed by atoms with E-state index in [2.05, 4.69) is 68.4 Å². The Morgan fingerprint density at radius 3 is 2.05 bits per heavy atom. The lowest BCUT2D eigenvalue weighted by atomic mass is 9.76. The molecule has 0 bridgehead atoms. The molecular formula is C22H28. The van der Waals surface area contributed by atoms with E-state index in [1.54, 1.807) is 5.56 Å². The smallest absolute Gasteiger partial charge is 0.0131 e. The molecule has 0 radical (unpaired) electrons. The van der Waals surface area contributed by atoms with Crippen LogP contribution in [-0.4, -0.2) is 0 Å². The monoisotopic (exact) mass is 292 g/mol. The van der Waals surface area contributed by atoms with Gasteiger partial charge in [-0.05, 0) is 47.3 Å². The van der Waals surface area contributed by atoms with Crippen molar-refractivity contribution in [3.8, 4) is 11.1 Å². The maximum Gasteiger partial charge on any atom is -0.0131 e. The van der Waals surface area contributed by atoms with E-state index < -0.39 is 0 Å². The number of hydrogen-bond donors (Lipinski definition) is 0. The number of hydrogen-bond acceptors (Lipinski definition) is 0. The lowest BCUT2D eigenvalue weighted by Gasteiger charge is -2.29. The molecule has 2 aromatic carbocycles. The minimum Gasteiger partial charge on any atom is -0.0625 e. The average molecular weight is 292 g/mol. The van der Waals surface area contributed by atoms with Crippen LogP contribution in [0.2, 0.25) is 0 Å². The van der Waals surface area contributed by atoms with Crippen molar-refractivity contribution in [3.63, 3.8) is 0 Å². The molecule has 116 valence electrons. The van der Waals surface area contributed by atoms with Crippen molar-refractivity contribution in [2.45, 2.75) is 51.9 Å². The van der Waals surface area contributed by atoms with Crippen LogP contribution in [0.15, 0.2) is 54.6 Å². The van der Waals surface area contributed by atoms with Crippen molar-refractivity contribution < 1.29 is 0 Å². The fourth-order valence-corrected chi connectivity index (χ4v) is 4.10. The molecular weight excluding hydrogens is 264 g/mol. The first-order valence-corrected chi connectivity index (χ1v) is 8.91. The molecule has 0 heterocycles. The predicted octanol–water partition coefficient (Wildman–Crippen LogP) is 6.67. The molecule has 0 amide bonds. The van der Waals surface area contributed by atoms with Gasteiger partial charge in [0.2, 0.25) is 0 Å². The Balaban J connectivity index is 1.84. The highest BCUT2D eigenvalue weighted by Crippen LogP contribution is 2.40. The van der Waals surface area contributed by atoms with E-state index >= 15 is 0 Å². The van der Waals surface area contributed by atoms with Crippen molar-refractivity contribution in [1.29, 1.82) is 0 Å².